The number of halogens is 4. The number of benzene rings is 2. The van der Waals surface area contributed by atoms with E-state index >= 15 is 4.39 Å². The number of aromatic nitrogens is 3. The Bertz CT molecular complexity index is 1700. The smallest absolute Gasteiger partial charge is 0.417 e. The van der Waals surface area contributed by atoms with Gasteiger partial charge in [0.25, 0.3) is 0 Å². The predicted molar refractivity (Wildman–Crippen MR) is 157 cm³/mol. The van der Waals surface area contributed by atoms with Crippen LogP contribution in [0.25, 0.3) is 32.9 Å². The molecule has 43 heavy (non-hydrogen) atoms. The van der Waals surface area contributed by atoms with Gasteiger partial charge in [-0.2, -0.15) is 23.1 Å². The number of ether oxygens (including phenoxy) is 1. The monoisotopic (exact) mass is 591 g/mol. The summed E-state index contributed by atoms with van der Waals surface area (Å²) < 4.78 is 65.2. The maximum atomic E-state index is 16.6. The van der Waals surface area contributed by atoms with Crippen LogP contribution in [0, 0.1) is 17.7 Å². The lowest BCUT2D eigenvalue weighted by Crippen LogP contribution is -2.43. The Morgan fingerprint density at radius 1 is 0.953 bits per heavy atom. The van der Waals surface area contributed by atoms with Gasteiger partial charge in [0.2, 0.25) is 0 Å². The molecule has 1 aliphatic carbocycles. The van der Waals surface area contributed by atoms with E-state index in [0.717, 1.165) is 57.9 Å². The number of pyridine rings is 1. The maximum absolute atomic E-state index is 16.6. The highest BCUT2D eigenvalue weighted by Gasteiger charge is 2.45. The first-order valence-electron chi connectivity index (χ1n) is 15.4. The summed E-state index contributed by atoms with van der Waals surface area (Å²) in [5.41, 5.74) is -0.927. The van der Waals surface area contributed by atoms with Gasteiger partial charge in [0.15, 0.2) is 5.82 Å². The van der Waals surface area contributed by atoms with E-state index in [-0.39, 0.29) is 33.7 Å². The number of rotatable bonds is 5. The average molecular weight is 592 g/mol. The zero-order chi connectivity index (χ0) is 29.3. The van der Waals surface area contributed by atoms with Crippen molar-refractivity contribution in [2.24, 2.45) is 11.8 Å². The van der Waals surface area contributed by atoms with Gasteiger partial charge in [-0.3, -0.25) is 9.88 Å². The summed E-state index contributed by atoms with van der Waals surface area (Å²) >= 11 is 0. The SMILES string of the molecule is Fc1c(-c2cccc3cccc(C(F)(F)F)c23)ncc2c(N3CC4CCC(C4)C3)nc(OCC34CCCN3CCC4)nc12. The molecular weight excluding hydrogens is 558 g/mol. The lowest BCUT2D eigenvalue weighted by atomic mass is 9.95. The summed E-state index contributed by atoms with van der Waals surface area (Å²) in [7, 11) is 0. The molecule has 1 saturated carbocycles. The molecule has 8 rings (SSSR count). The molecule has 0 spiro atoms. The van der Waals surface area contributed by atoms with Crippen LogP contribution in [0.1, 0.15) is 50.5 Å². The van der Waals surface area contributed by atoms with Crippen LogP contribution in [-0.4, -0.2) is 58.2 Å². The Morgan fingerprint density at radius 2 is 1.67 bits per heavy atom. The lowest BCUT2D eigenvalue weighted by molar-refractivity contribution is -0.136. The van der Waals surface area contributed by atoms with Crippen molar-refractivity contribution >= 4 is 27.5 Å². The number of alkyl halides is 3. The summed E-state index contributed by atoms with van der Waals surface area (Å²) in [6.07, 6.45) is 4.79. The quantitative estimate of drug-likeness (QED) is 0.228. The van der Waals surface area contributed by atoms with Crippen LogP contribution < -0.4 is 9.64 Å². The van der Waals surface area contributed by atoms with Gasteiger partial charge in [-0.1, -0.05) is 30.3 Å². The molecule has 2 aromatic carbocycles. The van der Waals surface area contributed by atoms with Crippen molar-refractivity contribution in [3.05, 3.63) is 54.0 Å². The second-order valence-corrected chi connectivity index (χ2v) is 12.9. The molecule has 0 radical (unpaired) electrons. The first kappa shape index (κ1) is 27.0. The minimum absolute atomic E-state index is 0.0246. The van der Waals surface area contributed by atoms with Crippen LogP contribution in [0.3, 0.4) is 0 Å². The highest BCUT2D eigenvalue weighted by Crippen LogP contribution is 2.44. The molecule has 0 N–H and O–H groups in total. The first-order chi connectivity index (χ1) is 20.8. The van der Waals surface area contributed by atoms with E-state index in [9.17, 15) is 13.2 Å². The van der Waals surface area contributed by atoms with Crippen molar-refractivity contribution in [2.75, 3.05) is 37.7 Å². The first-order valence-corrected chi connectivity index (χ1v) is 15.4. The van der Waals surface area contributed by atoms with E-state index in [1.54, 1.807) is 18.2 Å². The molecule has 5 heterocycles. The highest BCUT2D eigenvalue weighted by atomic mass is 19.4. The Morgan fingerprint density at radius 3 is 2.40 bits per heavy atom. The van der Waals surface area contributed by atoms with Gasteiger partial charge in [0.1, 0.15) is 23.6 Å². The molecule has 4 aromatic rings. The summed E-state index contributed by atoms with van der Waals surface area (Å²) in [6, 6.07) is 8.81. The largest absolute Gasteiger partial charge is 0.461 e. The third-order valence-corrected chi connectivity index (χ3v) is 10.3. The zero-order valence-corrected chi connectivity index (χ0v) is 23.8. The highest BCUT2D eigenvalue weighted by molar-refractivity contribution is 6.01. The normalized spacial score (nSPS) is 23.4. The number of hydrogen-bond donors (Lipinski definition) is 0. The molecule has 0 amide bonds. The Kier molecular flexibility index (Phi) is 6.29. The van der Waals surface area contributed by atoms with Gasteiger partial charge in [0, 0.05) is 30.2 Å². The van der Waals surface area contributed by atoms with Gasteiger partial charge in [-0.15, -0.1) is 0 Å². The van der Waals surface area contributed by atoms with Crippen LogP contribution in [0.2, 0.25) is 0 Å². The van der Waals surface area contributed by atoms with Crippen molar-refractivity contribution in [3.63, 3.8) is 0 Å². The van der Waals surface area contributed by atoms with E-state index in [0.29, 0.717) is 35.0 Å². The van der Waals surface area contributed by atoms with Crippen molar-refractivity contribution in [1.82, 2.24) is 19.9 Å². The number of nitrogens with zero attached hydrogens (tertiary/aromatic N) is 5. The Labute approximate surface area is 247 Å². The molecule has 4 fully saturated rings. The summed E-state index contributed by atoms with van der Waals surface area (Å²) in [4.78, 5) is 18.6. The number of hydrogen-bond acceptors (Lipinski definition) is 6. The predicted octanol–water partition coefficient (Wildman–Crippen LogP) is 7.25. The van der Waals surface area contributed by atoms with Crippen LogP contribution in [0.15, 0.2) is 42.6 Å². The van der Waals surface area contributed by atoms with Crippen LogP contribution in [-0.2, 0) is 6.18 Å². The zero-order valence-electron chi connectivity index (χ0n) is 23.8. The van der Waals surface area contributed by atoms with E-state index in [2.05, 4.69) is 19.8 Å². The van der Waals surface area contributed by atoms with E-state index in [4.69, 9.17) is 9.72 Å². The van der Waals surface area contributed by atoms with Gasteiger partial charge in [-0.05, 0) is 81.3 Å². The fourth-order valence-electron chi connectivity index (χ4n) is 8.33. The Hall–Kier alpha value is -3.53. The minimum atomic E-state index is -4.61. The second-order valence-electron chi connectivity index (χ2n) is 12.9. The molecule has 3 saturated heterocycles. The number of anilines is 1. The summed E-state index contributed by atoms with van der Waals surface area (Å²) in [5, 5.41) is 0.734. The molecular formula is C33H33F4N5O. The third-order valence-electron chi connectivity index (χ3n) is 10.3. The molecule has 2 bridgehead atoms. The lowest BCUT2D eigenvalue weighted by Gasteiger charge is -2.34. The standard InChI is InChI=1S/C33H33F4N5O/c34-27-28(23-7-1-5-22-6-2-8-25(26(22)23)33(35,36)37)38-16-24-29(27)39-31(43-19-32-11-3-13-42(32)14-4-12-32)40-30(24)41-17-20-9-10-21(15-20)18-41/h1-2,5-8,16,20-21H,3-4,9-15,17-19H2. The molecule has 2 atom stereocenters. The van der Waals surface area contributed by atoms with Gasteiger partial charge in [0.05, 0.1) is 16.5 Å². The molecule has 3 aliphatic heterocycles. The minimum Gasteiger partial charge on any atom is -0.461 e. The summed E-state index contributed by atoms with van der Waals surface area (Å²) in [5.74, 6) is 0.949. The van der Waals surface area contributed by atoms with Crippen molar-refractivity contribution in [1.29, 1.82) is 0 Å². The topological polar surface area (TPSA) is 54.4 Å². The van der Waals surface area contributed by atoms with Gasteiger partial charge in [-0.25, -0.2) is 4.39 Å². The van der Waals surface area contributed by atoms with E-state index in [1.807, 2.05) is 0 Å². The van der Waals surface area contributed by atoms with Gasteiger partial charge >= 0.3 is 12.2 Å². The number of piperidine rings is 1. The Balaban J connectivity index is 1.27. The summed E-state index contributed by atoms with van der Waals surface area (Å²) in [6.45, 7) is 4.18. The van der Waals surface area contributed by atoms with E-state index < -0.39 is 17.6 Å². The molecule has 6 nitrogen and oxygen atoms in total. The van der Waals surface area contributed by atoms with Crippen LogP contribution in [0.4, 0.5) is 23.4 Å². The van der Waals surface area contributed by atoms with Crippen molar-refractivity contribution in [2.45, 2.75) is 56.7 Å². The van der Waals surface area contributed by atoms with Gasteiger partial charge < -0.3 is 9.64 Å². The third kappa shape index (κ3) is 4.51. The number of fused-ring (bicyclic) bond motifs is 5. The fourth-order valence-corrected chi connectivity index (χ4v) is 8.33. The van der Waals surface area contributed by atoms with Crippen LogP contribution in [0.5, 0.6) is 6.01 Å². The fraction of sp³-hybridized carbons (Fsp3) is 0.485. The van der Waals surface area contributed by atoms with Crippen molar-refractivity contribution < 1.29 is 22.3 Å². The average Bonchev–Trinajstić information content (AvgIpc) is 3.68. The molecule has 2 unspecified atom stereocenters. The molecule has 4 aliphatic rings. The second kappa shape index (κ2) is 10.0. The van der Waals surface area contributed by atoms with Crippen LogP contribution >= 0.6 is 0 Å². The van der Waals surface area contributed by atoms with E-state index in [1.165, 1.54) is 37.6 Å². The van der Waals surface area contributed by atoms with Crippen molar-refractivity contribution in [3.8, 4) is 17.3 Å². The molecule has 10 heteroatoms. The molecule has 224 valence electrons. The molecule has 2 aromatic heterocycles. The maximum Gasteiger partial charge on any atom is 0.417 e.